The van der Waals surface area contributed by atoms with Crippen molar-refractivity contribution in [2.75, 3.05) is 20.6 Å². The summed E-state index contributed by atoms with van der Waals surface area (Å²) in [7, 11) is 3.65. The van der Waals surface area contributed by atoms with E-state index in [9.17, 15) is 29.1 Å². The van der Waals surface area contributed by atoms with Gasteiger partial charge in [-0.1, -0.05) is 71.4 Å². The molecule has 282 valence electrons. The highest BCUT2D eigenvalue weighted by Crippen LogP contribution is 2.32. The average molecular weight is 728 g/mol. The van der Waals surface area contributed by atoms with Gasteiger partial charge in [-0.05, 0) is 63.6 Å². The molecule has 0 saturated carbocycles. The zero-order valence-electron chi connectivity index (χ0n) is 31.6. The van der Waals surface area contributed by atoms with Crippen LogP contribution in [0.5, 0.6) is 0 Å². The number of hydrogen-bond acceptors (Lipinski definition) is 9. The summed E-state index contributed by atoms with van der Waals surface area (Å²) in [6.07, 6.45) is 2.37. The van der Waals surface area contributed by atoms with Crippen molar-refractivity contribution in [2.24, 2.45) is 17.8 Å². The van der Waals surface area contributed by atoms with Crippen LogP contribution in [-0.2, 0) is 30.3 Å². The molecule has 1 unspecified atom stereocenters. The number of thiazole rings is 1. The predicted octanol–water partition coefficient (Wildman–Crippen LogP) is 5.09. The first-order chi connectivity index (χ1) is 24.0. The molecule has 1 fully saturated rings. The number of nitrogens with zero attached hydrogens (tertiary/aromatic N) is 3. The Kier molecular flexibility index (Phi) is 15.2. The molecule has 1 aromatic heterocycles. The number of carboxylic acid groups (broad SMARTS) is 1. The third kappa shape index (κ3) is 11.1. The van der Waals surface area contributed by atoms with Gasteiger partial charge in [0.25, 0.3) is 5.91 Å². The largest absolute Gasteiger partial charge is 0.481 e. The monoisotopic (exact) mass is 727 g/mol. The molecule has 2 aromatic rings. The Labute approximate surface area is 306 Å². The first-order valence-electron chi connectivity index (χ1n) is 18.0. The Bertz CT molecular complexity index is 1500. The second kappa shape index (κ2) is 18.6. The number of aliphatic carboxylic acids is 1. The summed E-state index contributed by atoms with van der Waals surface area (Å²) in [4.78, 5) is 73.5. The quantitative estimate of drug-likeness (QED) is 0.178. The molecule has 0 spiro atoms. The van der Waals surface area contributed by atoms with Crippen molar-refractivity contribution < 1.29 is 33.8 Å². The molecular weight excluding hydrogens is 671 g/mol. The van der Waals surface area contributed by atoms with Crippen LogP contribution < -0.4 is 10.6 Å². The van der Waals surface area contributed by atoms with Crippen LogP contribution in [0.2, 0.25) is 0 Å². The van der Waals surface area contributed by atoms with E-state index in [2.05, 4.69) is 15.6 Å². The Morgan fingerprint density at radius 1 is 1.08 bits per heavy atom. The highest BCUT2D eigenvalue weighted by molar-refractivity contribution is 7.09. The molecule has 2 heterocycles. The summed E-state index contributed by atoms with van der Waals surface area (Å²) in [5.41, 5.74) is 0.402. The van der Waals surface area contributed by atoms with Gasteiger partial charge in [0.2, 0.25) is 11.8 Å². The van der Waals surface area contributed by atoms with Gasteiger partial charge >= 0.3 is 11.9 Å². The van der Waals surface area contributed by atoms with Crippen LogP contribution in [0.15, 0.2) is 35.7 Å². The first kappa shape index (κ1) is 41.6. The van der Waals surface area contributed by atoms with Crippen LogP contribution in [0.1, 0.15) is 108 Å². The lowest BCUT2D eigenvalue weighted by Crippen LogP contribution is -2.60. The highest BCUT2D eigenvalue weighted by atomic mass is 32.1. The number of aromatic nitrogens is 1. The fourth-order valence-electron chi connectivity index (χ4n) is 6.66. The molecule has 3 rings (SSSR count). The number of carboxylic acids is 1. The van der Waals surface area contributed by atoms with Gasteiger partial charge in [0, 0.05) is 37.9 Å². The summed E-state index contributed by atoms with van der Waals surface area (Å²) in [5, 5.41) is 17.6. The van der Waals surface area contributed by atoms with E-state index in [0.717, 1.165) is 18.5 Å². The van der Waals surface area contributed by atoms with E-state index in [1.807, 2.05) is 76.9 Å². The molecule has 0 bridgehead atoms. The number of hydrogen-bond donors (Lipinski definition) is 3. The van der Waals surface area contributed by atoms with Crippen molar-refractivity contribution in [1.29, 1.82) is 0 Å². The number of benzene rings is 1. The van der Waals surface area contributed by atoms with Crippen LogP contribution in [0.4, 0.5) is 0 Å². The van der Waals surface area contributed by atoms with Crippen LogP contribution >= 0.6 is 11.3 Å². The molecular formula is C38H57N5O7S. The Morgan fingerprint density at radius 3 is 2.29 bits per heavy atom. The van der Waals surface area contributed by atoms with Crippen molar-refractivity contribution >= 4 is 41.0 Å². The first-order valence-corrected chi connectivity index (χ1v) is 18.8. The van der Waals surface area contributed by atoms with Crippen molar-refractivity contribution in [2.45, 2.75) is 117 Å². The normalized spacial score (nSPS) is 19.7. The maximum Gasteiger partial charge on any atom is 0.306 e. The summed E-state index contributed by atoms with van der Waals surface area (Å²) >= 11 is 1.18. The van der Waals surface area contributed by atoms with E-state index in [4.69, 9.17) is 4.74 Å². The van der Waals surface area contributed by atoms with Gasteiger partial charge in [-0.15, -0.1) is 11.3 Å². The number of amides is 3. The van der Waals surface area contributed by atoms with Gasteiger partial charge < -0.3 is 25.4 Å². The summed E-state index contributed by atoms with van der Waals surface area (Å²) in [5.74, 6) is -3.17. The number of nitrogens with one attached hydrogen (secondary N) is 2. The minimum Gasteiger partial charge on any atom is -0.481 e. The van der Waals surface area contributed by atoms with Gasteiger partial charge in [-0.25, -0.2) is 4.98 Å². The molecule has 0 radical (unpaired) electrons. The van der Waals surface area contributed by atoms with Crippen LogP contribution in [0.25, 0.3) is 0 Å². The molecule has 12 nitrogen and oxygen atoms in total. The Balaban J connectivity index is 1.82. The summed E-state index contributed by atoms with van der Waals surface area (Å²) in [6.45, 7) is 13.6. The fraction of sp³-hybridized carbons (Fsp3) is 0.632. The van der Waals surface area contributed by atoms with Crippen LogP contribution in [-0.4, -0.2) is 93.9 Å². The van der Waals surface area contributed by atoms with Crippen molar-refractivity contribution in [3.8, 4) is 0 Å². The van der Waals surface area contributed by atoms with E-state index in [1.54, 1.807) is 24.3 Å². The summed E-state index contributed by atoms with van der Waals surface area (Å²) in [6, 6.07) is 7.93. The molecule has 1 aliphatic rings. The fourth-order valence-corrected chi connectivity index (χ4v) is 7.50. The zero-order valence-corrected chi connectivity index (χ0v) is 32.4. The number of likely N-dealkylation sites (tertiary alicyclic amines) is 1. The molecule has 7 atom stereocenters. The number of carbonyl (C=O) groups excluding carboxylic acids is 4. The minimum atomic E-state index is -0.945. The number of ether oxygens (including phenoxy) is 1. The summed E-state index contributed by atoms with van der Waals surface area (Å²) < 4.78 is 5.76. The van der Waals surface area contributed by atoms with Crippen molar-refractivity contribution in [3.05, 3.63) is 52.0 Å². The molecule has 1 aromatic carbocycles. The van der Waals surface area contributed by atoms with Crippen molar-refractivity contribution in [3.63, 3.8) is 0 Å². The van der Waals surface area contributed by atoms with E-state index >= 15 is 0 Å². The molecule has 1 aliphatic heterocycles. The van der Waals surface area contributed by atoms with Gasteiger partial charge in [-0.2, -0.15) is 0 Å². The Morgan fingerprint density at radius 2 is 1.75 bits per heavy atom. The minimum absolute atomic E-state index is 0.0542. The standard InChI is InChI=1S/C38H57N5O7S/c1-10-24(4)32(41-37(49)38(7)17-14-18-42(38)8)35(46)43(9)30(23(2)3)21-31(50-26(6)44)34-40-29(22-51-34)33(45)39-28(19-25(5)36(47)48)20-27-15-12-11-13-16-27/h11-13,15-16,22-25,28,30-32H,10,14,17-21H2,1-9H3,(H,39,45)(H,41,49)(H,47,48)/t24?,25-,28+,30+,31+,32-,38+/m0/s1. The van der Waals surface area contributed by atoms with Gasteiger partial charge in [0.1, 0.15) is 16.7 Å². The van der Waals surface area contributed by atoms with Gasteiger partial charge in [-0.3, -0.25) is 28.9 Å². The highest BCUT2D eigenvalue weighted by Gasteiger charge is 2.44. The maximum absolute atomic E-state index is 14.2. The SMILES string of the molecule is CCC(C)[C@H](NC(=O)[C@@]1(C)CCCN1C)C(=O)N(C)[C@H](C[C@@H](OC(C)=O)c1nc(C(=O)N[C@@H](Cc2ccccc2)C[C@H](C)C(=O)O)cs1)C(C)C. The van der Waals surface area contributed by atoms with Crippen molar-refractivity contribution in [1.82, 2.24) is 25.4 Å². The third-order valence-corrected chi connectivity index (χ3v) is 11.3. The maximum atomic E-state index is 14.2. The molecule has 51 heavy (non-hydrogen) atoms. The number of esters is 1. The van der Waals surface area contributed by atoms with E-state index in [1.165, 1.54) is 18.3 Å². The number of likely N-dealkylation sites (N-methyl/N-ethyl adjacent to an activating group) is 2. The lowest BCUT2D eigenvalue weighted by molar-refractivity contribution is -0.149. The molecule has 0 aliphatic carbocycles. The smallest absolute Gasteiger partial charge is 0.306 e. The Hall–Kier alpha value is -3.84. The van der Waals surface area contributed by atoms with E-state index in [0.29, 0.717) is 24.3 Å². The van der Waals surface area contributed by atoms with E-state index < -0.39 is 53.5 Å². The molecule has 3 amide bonds. The van der Waals surface area contributed by atoms with Crippen LogP contribution in [0, 0.1) is 17.8 Å². The third-order valence-electron chi connectivity index (χ3n) is 10.4. The lowest BCUT2D eigenvalue weighted by Gasteiger charge is -2.38. The number of rotatable bonds is 18. The average Bonchev–Trinajstić information content (AvgIpc) is 3.71. The zero-order chi connectivity index (χ0) is 38.0. The predicted molar refractivity (Wildman–Crippen MR) is 197 cm³/mol. The molecule has 13 heteroatoms. The second-order valence-electron chi connectivity index (χ2n) is 14.6. The molecule has 1 saturated heterocycles. The molecule has 3 N–H and O–H groups in total. The lowest BCUT2D eigenvalue weighted by atomic mass is 9.91. The topological polar surface area (TPSA) is 158 Å². The number of carbonyl (C=O) groups is 5. The van der Waals surface area contributed by atoms with Gasteiger partial charge in [0.05, 0.1) is 11.5 Å². The second-order valence-corrected chi connectivity index (χ2v) is 15.5. The van der Waals surface area contributed by atoms with E-state index in [-0.39, 0.29) is 42.2 Å². The van der Waals surface area contributed by atoms with Gasteiger partial charge in [0.15, 0.2) is 6.10 Å². The van der Waals surface area contributed by atoms with Crippen LogP contribution in [0.3, 0.4) is 0 Å².